The first-order chi connectivity index (χ1) is 47.0. The van der Waals surface area contributed by atoms with Crippen LogP contribution >= 0.6 is 0 Å². The van der Waals surface area contributed by atoms with Crippen LogP contribution in [0, 0.1) is 0 Å². The Kier molecular flexibility index (Phi) is 50.4. The molecule has 0 saturated carbocycles. The van der Waals surface area contributed by atoms with E-state index in [0.29, 0.717) is 17.6 Å². The third-order valence-electron chi connectivity index (χ3n) is 13.0. The fourth-order valence-electron chi connectivity index (χ4n) is 7.42. The number of carboxylic acid groups (broad SMARTS) is 1. The molecular formula is C80H129F4IN7O12S2-. The van der Waals surface area contributed by atoms with E-state index in [4.69, 9.17) is 13.6 Å². The van der Waals surface area contributed by atoms with Gasteiger partial charge in [0.05, 0.1) is 71.5 Å². The molecule has 0 spiro atoms. The van der Waals surface area contributed by atoms with Gasteiger partial charge in [-0.1, -0.05) is 171 Å². The summed E-state index contributed by atoms with van der Waals surface area (Å²) in [5.74, 6) is -1.97. The van der Waals surface area contributed by atoms with Crippen molar-refractivity contribution >= 4 is 43.9 Å². The van der Waals surface area contributed by atoms with Gasteiger partial charge in [-0.3, -0.25) is 4.98 Å². The summed E-state index contributed by atoms with van der Waals surface area (Å²) in [6.45, 7) is 30.6. The number of rotatable bonds is 16. The van der Waals surface area contributed by atoms with Crippen LogP contribution in [-0.4, -0.2) is 190 Å². The summed E-state index contributed by atoms with van der Waals surface area (Å²) < 4.78 is 125. The van der Waals surface area contributed by atoms with Gasteiger partial charge < -0.3 is 42.8 Å². The molecule has 0 bridgehead atoms. The van der Waals surface area contributed by atoms with E-state index in [1.54, 1.807) is 24.5 Å². The van der Waals surface area contributed by atoms with Crippen molar-refractivity contribution in [2.24, 2.45) is 9.98 Å². The van der Waals surface area contributed by atoms with E-state index in [2.05, 4.69) is 176 Å². The third-order valence-corrected chi connectivity index (χ3v) is 15.9. The summed E-state index contributed by atoms with van der Waals surface area (Å²) in [7, 11) is 11.6. The van der Waals surface area contributed by atoms with E-state index < -0.39 is 77.5 Å². The maximum atomic E-state index is 13.2. The molecule has 6 rings (SSSR count). The second kappa shape index (κ2) is 49.5. The number of hydrogen-bond acceptors (Lipinski definition) is 16. The number of benzene rings is 5. The first-order valence-corrected chi connectivity index (χ1v) is 38.6. The molecule has 106 heavy (non-hydrogen) atoms. The summed E-state index contributed by atoms with van der Waals surface area (Å²) in [6.07, 6.45) is 3.57. The monoisotopic (exact) mass is 1650 g/mol. The molecule has 0 aliphatic heterocycles. The van der Waals surface area contributed by atoms with Crippen molar-refractivity contribution < 1.29 is 102 Å². The van der Waals surface area contributed by atoms with Gasteiger partial charge in [-0.25, -0.2) is 36.4 Å². The number of alkyl halides is 5. The second-order valence-corrected chi connectivity index (χ2v) is 35.9. The van der Waals surface area contributed by atoms with Crippen LogP contribution in [-0.2, 0) is 64.2 Å². The van der Waals surface area contributed by atoms with Crippen LogP contribution in [0.1, 0.15) is 185 Å². The van der Waals surface area contributed by atoms with Gasteiger partial charge in [0.15, 0.2) is 26.8 Å². The van der Waals surface area contributed by atoms with Gasteiger partial charge in [-0.2, -0.15) is 17.6 Å². The molecule has 5 aromatic carbocycles. The molecule has 0 aliphatic carbocycles. The van der Waals surface area contributed by atoms with Crippen LogP contribution in [0.5, 0.6) is 0 Å². The second-order valence-electron chi connectivity index (χ2n) is 31.4. The number of aromatic carboxylic acids is 1. The van der Waals surface area contributed by atoms with E-state index in [0.717, 1.165) is 48.7 Å². The Labute approximate surface area is 646 Å². The van der Waals surface area contributed by atoms with Crippen LogP contribution in [0.15, 0.2) is 162 Å². The fourth-order valence-corrected chi connectivity index (χ4v) is 8.68. The molecule has 0 aliphatic rings. The molecule has 0 fully saturated rings. The molecule has 1 heterocycles. The number of aromatic nitrogens is 1. The van der Waals surface area contributed by atoms with Gasteiger partial charge in [0.1, 0.15) is 19.7 Å². The van der Waals surface area contributed by atoms with E-state index in [9.17, 15) is 53.1 Å². The predicted molar refractivity (Wildman–Crippen MR) is 422 cm³/mol. The van der Waals surface area contributed by atoms with Crippen molar-refractivity contribution in [3.05, 3.63) is 202 Å². The topological polar surface area (TPSA) is 263 Å². The van der Waals surface area contributed by atoms with Crippen molar-refractivity contribution in [3.63, 3.8) is 0 Å². The number of carboxylic acids is 1. The van der Waals surface area contributed by atoms with Gasteiger partial charge >= 0.3 is 87.8 Å². The van der Waals surface area contributed by atoms with E-state index in [1.807, 2.05) is 163 Å². The minimum absolute atomic E-state index is 0. The Bertz CT molecular complexity index is 3570. The number of aliphatic hydroxyl groups excluding tert-OH is 1. The molecule has 19 nitrogen and oxygen atoms in total. The number of carbonyl (C=O) groups excluding carboxylic acids is 1. The number of aliphatic hydroxyl groups is 1. The molecular weight excluding hydrogens is 1520 g/mol. The van der Waals surface area contributed by atoms with E-state index in [1.165, 1.54) is 34.5 Å². The quantitative estimate of drug-likeness (QED) is 0.0155. The fraction of sp³-hybridized carbons (Fsp3) is 0.525. The first-order valence-electron chi connectivity index (χ1n) is 33.3. The molecule has 0 atom stereocenters. The summed E-state index contributed by atoms with van der Waals surface area (Å²) in [5.41, 5.74) is 8.69. The number of pyridine rings is 1. The van der Waals surface area contributed by atoms with E-state index >= 15 is 0 Å². The van der Waals surface area contributed by atoms with Crippen molar-refractivity contribution in [1.29, 1.82) is 0 Å². The van der Waals surface area contributed by atoms with E-state index in [-0.39, 0.29) is 42.1 Å². The van der Waals surface area contributed by atoms with Gasteiger partial charge in [-0.05, 0) is 129 Å². The molecule has 0 radical (unpaired) electrons. The number of nitrogens with zero attached hydrogens (tertiary/aromatic N) is 7. The zero-order chi connectivity index (χ0) is 81.7. The zero-order valence-corrected chi connectivity index (χ0v) is 70.3. The number of anilines is 1. The van der Waals surface area contributed by atoms with Crippen LogP contribution in [0.25, 0.3) is 0 Å². The number of quaternary nitrogens is 2. The van der Waals surface area contributed by atoms with Crippen molar-refractivity contribution in [3.8, 4) is 0 Å². The van der Waals surface area contributed by atoms with Crippen LogP contribution in [0.2, 0.25) is 0 Å². The summed E-state index contributed by atoms with van der Waals surface area (Å²) in [5, 5.41) is 7.55. The number of aliphatic imine (C=N–C) groups is 2. The van der Waals surface area contributed by atoms with Crippen molar-refractivity contribution in [2.75, 3.05) is 95.6 Å². The molecule has 604 valence electrons. The van der Waals surface area contributed by atoms with Gasteiger partial charge in [0.25, 0.3) is 0 Å². The maximum absolute atomic E-state index is 13.2. The summed E-state index contributed by atoms with van der Waals surface area (Å²) in [6, 6.07) is 49.0. The van der Waals surface area contributed by atoms with Gasteiger partial charge in [0, 0.05) is 43.3 Å². The molecule has 26 heteroatoms. The van der Waals surface area contributed by atoms with Crippen molar-refractivity contribution in [1.82, 2.24) is 9.88 Å². The summed E-state index contributed by atoms with van der Waals surface area (Å²) in [4.78, 5) is 39.1. The Morgan fingerprint density at radius 3 is 1.05 bits per heavy atom. The molecule has 1 aromatic heterocycles. The minimum atomic E-state index is -5.90. The van der Waals surface area contributed by atoms with Gasteiger partial charge in [-0.15, -0.1) is 0 Å². The molecule has 0 unspecified atom stereocenters. The molecule has 0 saturated heterocycles. The SMILES string of the molecule is C.C.CC(C)(C)c1cc(C(=O)O)cc(C(C)(C)C)c1.CC(C)(C)c1cc(C(=O)OCC(F)(F)S(=O)(=O)[O-])cc(C(C)(C)C)c1.CC(C)N=C=NC(C)C.CN(C)C.CN(C)c1ccncc1.C[N+](C)(C)Cc1ccccc1.C[N+](C)(C)Cc1ccccc1.O=S(=O)([O-])C(F)(F)CO.O[I-]Cc1ccccc1. The van der Waals surface area contributed by atoms with Crippen molar-refractivity contribution in [2.45, 2.75) is 187 Å². The molecule has 6 aromatic rings. The zero-order valence-electron chi connectivity index (χ0n) is 66.5. The predicted octanol–water partition coefficient (Wildman–Crippen LogP) is 13.2. The first kappa shape index (κ1) is 108. The third kappa shape index (κ3) is 52.5. The normalized spacial score (nSPS) is 11.6. The molecule has 3 N–H and O–H groups in total. The average Bonchev–Trinajstić information content (AvgIpc) is 0.805. The number of ether oxygens (including phenoxy) is 1. The Balaban J connectivity index is -0.000000374. The average molecular weight is 1650 g/mol. The summed E-state index contributed by atoms with van der Waals surface area (Å²) >= 11 is -0.571. The number of halogens is 5. The Hall–Kier alpha value is -6.56. The molecule has 0 amide bonds. The number of carbonyl (C=O) groups is 2. The number of hydrogen-bond donors (Lipinski definition) is 3. The Morgan fingerprint density at radius 2 is 0.830 bits per heavy atom. The van der Waals surface area contributed by atoms with Crippen LogP contribution < -0.4 is 26.5 Å². The van der Waals surface area contributed by atoms with Crippen LogP contribution in [0.4, 0.5) is 23.2 Å². The standard InChI is InChI=1S/C17H24F2O5S.C15H22O2.2C10H16N.C7H8IO.C7H10N2.C7H14N2.C3H9N.C2H4F2O4S.2CH4/c1-15(2,3)12-7-11(8-13(9-12)16(4,5)6)14(20)24-10-17(18,19)25(21,22)23;1-14(2,3)11-7-10(13(16)17)8-12(9-11)15(4,5)6;2*1-11(2,3)9-10-7-5-4-6-8-10;9-8-6-7-4-2-1-3-5-7;1-9(2)7-3-5-8-6-4-7;1-6(2)8-5-9-7(3)4;1-4(2)3;3-2(4,1-5)9(6,7)8;;/h7-9H,10H2,1-6H3,(H,21,22,23);7-9H,1-6H3,(H,16,17);2*4-8H,9H2,1-3H3;1-5,9H,6H2;3-6H,1-2H3;6-7H,1-4H3;1-3H3;5H,1H2,(H,6,7,8);2*1H4/q;;2*+1;-1;;;;;;/p-2. The number of esters is 1. The van der Waals surface area contributed by atoms with Gasteiger partial charge in [0.2, 0.25) is 0 Å². The Morgan fingerprint density at radius 1 is 0.538 bits per heavy atom. The van der Waals surface area contributed by atoms with Crippen LogP contribution in [0.3, 0.4) is 0 Å².